The molecular formula is C35H37FN10O. The summed E-state index contributed by atoms with van der Waals surface area (Å²) in [5, 5.41) is 19.2. The number of pyridine rings is 3. The van der Waals surface area contributed by atoms with Crippen LogP contribution in [0, 0.1) is 11.7 Å². The third-order valence-corrected chi connectivity index (χ3v) is 8.60. The molecule has 1 aromatic carbocycles. The van der Waals surface area contributed by atoms with Crippen molar-refractivity contribution in [1.29, 1.82) is 0 Å². The number of fused-ring (bicyclic) bond motifs is 2. The molecule has 1 saturated heterocycles. The molecule has 0 radical (unpaired) electrons. The van der Waals surface area contributed by atoms with Crippen molar-refractivity contribution in [2.24, 2.45) is 5.92 Å². The van der Waals surface area contributed by atoms with Gasteiger partial charge in [-0.05, 0) is 87.9 Å². The van der Waals surface area contributed by atoms with Crippen molar-refractivity contribution in [2.75, 3.05) is 50.9 Å². The van der Waals surface area contributed by atoms with E-state index < -0.39 is 0 Å². The minimum absolute atomic E-state index is 0.000827. The molecule has 12 heteroatoms. The summed E-state index contributed by atoms with van der Waals surface area (Å²) in [4.78, 5) is 31.7. The predicted octanol–water partition coefficient (Wildman–Crippen LogP) is 5.67. The van der Waals surface area contributed by atoms with Gasteiger partial charge in [0.2, 0.25) is 5.91 Å². The van der Waals surface area contributed by atoms with Crippen LogP contribution in [-0.2, 0) is 4.79 Å². The summed E-state index contributed by atoms with van der Waals surface area (Å²) in [5.41, 5.74) is 7.48. The molecule has 6 aromatic rings. The maximum Gasteiger partial charge on any atom is 0.224 e. The number of carbonyl (C=O) groups is 1. The Hall–Kier alpha value is -5.20. The Morgan fingerprint density at radius 2 is 1.74 bits per heavy atom. The summed E-state index contributed by atoms with van der Waals surface area (Å²) in [6, 6.07) is 10.9. The average Bonchev–Trinajstić information content (AvgIpc) is 3.69. The molecule has 1 aliphatic heterocycles. The number of aromatic amines is 2. The van der Waals surface area contributed by atoms with E-state index in [9.17, 15) is 9.18 Å². The first kappa shape index (κ1) is 30.5. The molecule has 11 nitrogen and oxygen atoms in total. The summed E-state index contributed by atoms with van der Waals surface area (Å²) in [6.45, 7) is 3.44. The molecule has 1 fully saturated rings. The zero-order chi connectivity index (χ0) is 32.3. The van der Waals surface area contributed by atoms with E-state index in [-0.39, 0.29) is 11.7 Å². The summed E-state index contributed by atoms with van der Waals surface area (Å²) in [5.74, 6) is 0.0776. The Labute approximate surface area is 271 Å². The van der Waals surface area contributed by atoms with Crippen molar-refractivity contribution >= 4 is 39.1 Å². The van der Waals surface area contributed by atoms with E-state index in [0.29, 0.717) is 36.0 Å². The number of anilines is 2. The highest BCUT2D eigenvalue weighted by atomic mass is 19.1. The standard InChI is InChI=1S/C35H37FN10O/c1-46(2)8-7-40-25-11-22(10-24(36)13-25)29-18-39-19-32-27(29)14-31(43-32)35-28-15-30(41-20-33(28)44-45-35)23-12-26(17-38-16-23)42-34(47)9-21-3-5-37-6-4-21/h10-21,37,40,43H,3-9H2,1-2H3,(H,42,47)(H,44,45). The normalized spacial score (nSPS) is 13.9. The number of hydrogen-bond donors (Lipinski definition) is 5. The number of aromatic nitrogens is 6. The Bertz CT molecular complexity index is 2050. The monoisotopic (exact) mass is 632 g/mol. The first-order chi connectivity index (χ1) is 22.9. The van der Waals surface area contributed by atoms with Gasteiger partial charge in [-0.1, -0.05) is 0 Å². The number of piperidine rings is 1. The van der Waals surface area contributed by atoms with E-state index in [0.717, 1.165) is 82.4 Å². The molecule has 6 heterocycles. The SMILES string of the molecule is CN(C)CCNc1cc(F)cc(-c2cncc3[nH]c(-c4n[nH]c5cnc(-c6cncc(NC(=O)CC7CCNCC7)c6)cc45)cc23)c1. The zero-order valence-electron chi connectivity index (χ0n) is 26.4. The van der Waals surface area contributed by atoms with Gasteiger partial charge in [0, 0.05) is 59.5 Å². The molecule has 5 aromatic heterocycles. The van der Waals surface area contributed by atoms with Gasteiger partial charge in [-0.3, -0.25) is 24.8 Å². The minimum atomic E-state index is -0.319. The van der Waals surface area contributed by atoms with Crippen LogP contribution in [0.15, 0.2) is 67.4 Å². The lowest BCUT2D eigenvalue weighted by Crippen LogP contribution is -2.30. The number of H-pyrrole nitrogens is 2. The quantitative estimate of drug-likeness (QED) is 0.130. The number of nitrogens with one attached hydrogen (secondary N) is 5. The Morgan fingerprint density at radius 1 is 0.915 bits per heavy atom. The van der Waals surface area contributed by atoms with Gasteiger partial charge in [-0.25, -0.2) is 4.39 Å². The van der Waals surface area contributed by atoms with Crippen LogP contribution < -0.4 is 16.0 Å². The van der Waals surface area contributed by atoms with Gasteiger partial charge in [0.05, 0.1) is 46.7 Å². The van der Waals surface area contributed by atoms with Gasteiger partial charge in [0.25, 0.3) is 0 Å². The van der Waals surface area contributed by atoms with Gasteiger partial charge in [-0.2, -0.15) is 5.10 Å². The number of rotatable bonds is 10. The number of benzene rings is 1. The molecule has 47 heavy (non-hydrogen) atoms. The van der Waals surface area contributed by atoms with Crippen LogP contribution in [0.4, 0.5) is 15.8 Å². The van der Waals surface area contributed by atoms with Gasteiger partial charge >= 0.3 is 0 Å². The highest BCUT2D eigenvalue weighted by Gasteiger charge is 2.18. The van der Waals surface area contributed by atoms with Crippen LogP contribution in [0.2, 0.25) is 0 Å². The fourth-order valence-electron chi connectivity index (χ4n) is 6.17. The molecule has 0 spiro atoms. The Kier molecular flexibility index (Phi) is 8.60. The number of hydrogen-bond acceptors (Lipinski definition) is 8. The second kappa shape index (κ2) is 13.3. The van der Waals surface area contributed by atoms with Crippen LogP contribution in [0.5, 0.6) is 0 Å². The molecule has 0 bridgehead atoms. The van der Waals surface area contributed by atoms with Crippen LogP contribution in [-0.4, -0.2) is 81.2 Å². The minimum Gasteiger partial charge on any atom is -0.384 e. The van der Waals surface area contributed by atoms with Crippen LogP contribution in [0.3, 0.4) is 0 Å². The highest BCUT2D eigenvalue weighted by Crippen LogP contribution is 2.35. The Morgan fingerprint density at radius 3 is 2.60 bits per heavy atom. The molecule has 1 aliphatic rings. The van der Waals surface area contributed by atoms with Crippen molar-refractivity contribution in [1.82, 2.24) is 40.3 Å². The molecule has 240 valence electrons. The maximum atomic E-state index is 14.7. The smallest absolute Gasteiger partial charge is 0.224 e. The molecule has 0 aliphatic carbocycles. The lowest BCUT2D eigenvalue weighted by Gasteiger charge is -2.21. The van der Waals surface area contributed by atoms with E-state index in [1.807, 2.05) is 38.4 Å². The van der Waals surface area contributed by atoms with Gasteiger partial charge in [0.1, 0.15) is 11.5 Å². The molecular weight excluding hydrogens is 595 g/mol. The average molecular weight is 633 g/mol. The summed E-state index contributed by atoms with van der Waals surface area (Å²) in [7, 11) is 4.00. The van der Waals surface area contributed by atoms with Crippen LogP contribution in [0.1, 0.15) is 19.3 Å². The second-order valence-corrected chi connectivity index (χ2v) is 12.4. The van der Waals surface area contributed by atoms with Crippen LogP contribution >= 0.6 is 0 Å². The zero-order valence-corrected chi connectivity index (χ0v) is 26.4. The van der Waals surface area contributed by atoms with E-state index in [1.165, 1.54) is 12.1 Å². The molecule has 0 unspecified atom stereocenters. The number of carbonyl (C=O) groups excluding carboxylic acids is 1. The molecule has 1 amide bonds. The molecule has 0 atom stereocenters. The fourth-order valence-corrected chi connectivity index (χ4v) is 6.17. The van der Waals surface area contributed by atoms with Crippen molar-refractivity contribution in [3.63, 3.8) is 0 Å². The maximum absolute atomic E-state index is 14.7. The van der Waals surface area contributed by atoms with Crippen LogP contribution in [0.25, 0.3) is 55.6 Å². The number of halogens is 1. The first-order valence-corrected chi connectivity index (χ1v) is 15.9. The number of likely N-dealkylation sites (N-methyl/N-ethyl adjacent to an activating group) is 1. The first-order valence-electron chi connectivity index (χ1n) is 15.9. The van der Waals surface area contributed by atoms with Crippen molar-refractivity contribution in [3.8, 4) is 33.8 Å². The third kappa shape index (κ3) is 6.83. The number of amides is 1. The summed E-state index contributed by atoms with van der Waals surface area (Å²) in [6.07, 6.45) is 11.2. The molecule has 5 N–H and O–H groups in total. The fraction of sp³-hybridized carbons (Fsp3) is 0.286. The van der Waals surface area contributed by atoms with Gasteiger partial charge in [-0.15, -0.1) is 0 Å². The summed E-state index contributed by atoms with van der Waals surface area (Å²) >= 11 is 0. The lowest BCUT2D eigenvalue weighted by molar-refractivity contribution is -0.117. The van der Waals surface area contributed by atoms with Gasteiger partial charge in [0.15, 0.2) is 0 Å². The van der Waals surface area contributed by atoms with E-state index in [2.05, 4.69) is 51.0 Å². The van der Waals surface area contributed by atoms with E-state index >= 15 is 0 Å². The second-order valence-electron chi connectivity index (χ2n) is 12.4. The van der Waals surface area contributed by atoms with Gasteiger partial charge < -0.3 is 25.8 Å². The predicted molar refractivity (Wildman–Crippen MR) is 183 cm³/mol. The lowest BCUT2D eigenvalue weighted by atomic mass is 9.94. The topological polar surface area (TPSA) is 140 Å². The van der Waals surface area contributed by atoms with Crippen molar-refractivity contribution in [3.05, 3.63) is 73.2 Å². The molecule has 7 rings (SSSR count). The highest BCUT2D eigenvalue weighted by molar-refractivity contribution is 6.01. The third-order valence-electron chi connectivity index (χ3n) is 8.60. The summed E-state index contributed by atoms with van der Waals surface area (Å²) < 4.78 is 14.7. The molecule has 0 saturated carbocycles. The largest absolute Gasteiger partial charge is 0.384 e. The van der Waals surface area contributed by atoms with Crippen molar-refractivity contribution < 1.29 is 9.18 Å². The number of nitrogens with zero attached hydrogens (tertiary/aromatic N) is 5. The Balaban J connectivity index is 1.16. The van der Waals surface area contributed by atoms with E-state index in [1.54, 1.807) is 31.0 Å². The van der Waals surface area contributed by atoms with Crippen molar-refractivity contribution in [2.45, 2.75) is 19.3 Å². The van der Waals surface area contributed by atoms with E-state index in [4.69, 9.17) is 0 Å².